The monoisotopic (exact) mass is 274 g/mol. The highest BCUT2D eigenvalue weighted by Gasteiger charge is 2.31. The summed E-state index contributed by atoms with van der Waals surface area (Å²) in [5.41, 5.74) is -0.908. The number of urea groups is 1. The minimum absolute atomic E-state index is 0.129. The maximum absolute atomic E-state index is 11.4. The lowest BCUT2D eigenvalue weighted by Crippen LogP contribution is -2.45. The molecule has 6 heteroatoms. The first-order valence-corrected chi connectivity index (χ1v) is 7.05. The normalized spacial score (nSPS) is 13.4. The van der Waals surface area contributed by atoms with Crippen LogP contribution in [-0.2, 0) is 4.79 Å². The van der Waals surface area contributed by atoms with Crippen LogP contribution < -0.4 is 10.6 Å². The maximum Gasteiger partial charge on any atom is 0.314 e. The van der Waals surface area contributed by atoms with E-state index in [1.807, 2.05) is 6.08 Å². The van der Waals surface area contributed by atoms with Gasteiger partial charge >= 0.3 is 12.0 Å². The molecule has 0 saturated carbocycles. The molecule has 0 rings (SSSR count). The molecule has 1 unspecified atom stereocenters. The third kappa shape index (κ3) is 6.54. The van der Waals surface area contributed by atoms with E-state index in [4.69, 9.17) is 5.11 Å². The van der Waals surface area contributed by atoms with Crippen molar-refractivity contribution in [3.8, 4) is 0 Å². The lowest BCUT2D eigenvalue weighted by Gasteiger charge is -2.23. The van der Waals surface area contributed by atoms with Crippen LogP contribution in [0.1, 0.15) is 20.3 Å². The van der Waals surface area contributed by atoms with Crippen LogP contribution in [0.2, 0.25) is 0 Å². The van der Waals surface area contributed by atoms with Crippen LogP contribution in [0, 0.1) is 5.41 Å². The highest BCUT2D eigenvalue weighted by atomic mass is 32.2. The van der Waals surface area contributed by atoms with E-state index < -0.39 is 11.4 Å². The van der Waals surface area contributed by atoms with Gasteiger partial charge in [-0.25, -0.2) is 4.79 Å². The molecule has 0 spiro atoms. The zero-order valence-electron chi connectivity index (χ0n) is 11.0. The molecule has 5 nitrogen and oxygen atoms in total. The molecule has 0 radical (unpaired) electrons. The lowest BCUT2D eigenvalue weighted by atomic mass is 9.88. The molecule has 0 aliphatic heterocycles. The third-order valence-corrected chi connectivity index (χ3v) is 3.67. The van der Waals surface area contributed by atoms with Crippen molar-refractivity contribution in [2.24, 2.45) is 5.41 Å². The number of carbonyl (C=O) groups excluding carboxylic acids is 1. The highest BCUT2D eigenvalue weighted by Crippen LogP contribution is 2.19. The molecule has 2 amide bonds. The number of amides is 2. The summed E-state index contributed by atoms with van der Waals surface area (Å²) in [4.78, 5) is 22.4. The molecule has 0 bridgehead atoms. The standard InChI is InChI=1S/C12H22N2O3S/c1-4-7-18-8-6-13-11(17)14-9-12(3,5-2)10(15)16/h4H,1,5-9H2,2-3H3,(H,15,16)(H2,13,14,17). The van der Waals surface area contributed by atoms with E-state index >= 15 is 0 Å². The minimum atomic E-state index is -0.908. The van der Waals surface area contributed by atoms with E-state index in [1.165, 1.54) is 0 Å². The molecule has 0 fully saturated rings. The summed E-state index contributed by atoms with van der Waals surface area (Å²) in [7, 11) is 0. The van der Waals surface area contributed by atoms with Gasteiger partial charge in [-0.15, -0.1) is 6.58 Å². The van der Waals surface area contributed by atoms with E-state index in [1.54, 1.807) is 25.6 Å². The summed E-state index contributed by atoms with van der Waals surface area (Å²) in [5.74, 6) is 0.770. The predicted octanol–water partition coefficient (Wildman–Crippen LogP) is 1.71. The molecule has 0 aromatic heterocycles. The van der Waals surface area contributed by atoms with Gasteiger partial charge in [0.2, 0.25) is 0 Å². The van der Waals surface area contributed by atoms with E-state index in [-0.39, 0.29) is 12.6 Å². The first kappa shape index (κ1) is 16.8. The molecule has 0 saturated heterocycles. The van der Waals surface area contributed by atoms with Crippen molar-refractivity contribution in [3.63, 3.8) is 0 Å². The molecule has 1 atom stereocenters. The topological polar surface area (TPSA) is 78.4 Å². The Labute approximate surface area is 112 Å². The van der Waals surface area contributed by atoms with Crippen molar-refractivity contribution in [1.29, 1.82) is 0 Å². The Morgan fingerprint density at radius 1 is 1.44 bits per heavy atom. The Hall–Kier alpha value is -1.17. The fourth-order valence-corrected chi connectivity index (χ4v) is 1.67. The van der Waals surface area contributed by atoms with Crippen LogP contribution in [0.3, 0.4) is 0 Å². The summed E-state index contributed by atoms with van der Waals surface area (Å²) in [5, 5.41) is 14.3. The van der Waals surface area contributed by atoms with Crippen molar-refractivity contribution in [1.82, 2.24) is 10.6 Å². The predicted molar refractivity (Wildman–Crippen MR) is 75.0 cm³/mol. The van der Waals surface area contributed by atoms with Gasteiger partial charge in [0, 0.05) is 24.6 Å². The van der Waals surface area contributed by atoms with Gasteiger partial charge in [-0.3, -0.25) is 4.79 Å². The number of hydrogen-bond donors (Lipinski definition) is 3. The van der Waals surface area contributed by atoms with Gasteiger partial charge in [-0.2, -0.15) is 11.8 Å². The number of aliphatic carboxylic acids is 1. The van der Waals surface area contributed by atoms with Crippen LogP contribution in [-0.4, -0.2) is 41.7 Å². The van der Waals surface area contributed by atoms with Gasteiger partial charge < -0.3 is 15.7 Å². The number of thioether (sulfide) groups is 1. The van der Waals surface area contributed by atoms with Crippen molar-refractivity contribution < 1.29 is 14.7 Å². The van der Waals surface area contributed by atoms with Crippen LogP contribution >= 0.6 is 11.8 Å². The Morgan fingerprint density at radius 3 is 2.61 bits per heavy atom. The fourth-order valence-electron chi connectivity index (χ4n) is 1.09. The van der Waals surface area contributed by atoms with Crippen molar-refractivity contribution in [2.45, 2.75) is 20.3 Å². The first-order valence-electron chi connectivity index (χ1n) is 5.90. The van der Waals surface area contributed by atoms with E-state index in [0.717, 1.165) is 11.5 Å². The molecule has 0 aromatic carbocycles. The number of carboxylic acid groups (broad SMARTS) is 1. The van der Waals surface area contributed by atoms with Gasteiger partial charge in [0.1, 0.15) is 0 Å². The zero-order chi connectivity index (χ0) is 14.0. The summed E-state index contributed by atoms with van der Waals surface area (Å²) >= 11 is 1.67. The second-order valence-electron chi connectivity index (χ2n) is 4.19. The quantitative estimate of drug-likeness (QED) is 0.442. The summed E-state index contributed by atoms with van der Waals surface area (Å²) in [6, 6.07) is -0.324. The Morgan fingerprint density at radius 2 is 2.11 bits per heavy atom. The number of nitrogens with one attached hydrogen (secondary N) is 2. The largest absolute Gasteiger partial charge is 0.481 e. The Balaban J connectivity index is 3.82. The second-order valence-corrected chi connectivity index (χ2v) is 5.34. The number of rotatable bonds is 9. The maximum atomic E-state index is 11.4. The molecule has 104 valence electrons. The Kier molecular flexibility index (Phi) is 8.28. The summed E-state index contributed by atoms with van der Waals surface area (Å²) < 4.78 is 0. The fraction of sp³-hybridized carbons (Fsp3) is 0.667. The van der Waals surface area contributed by atoms with E-state index in [9.17, 15) is 9.59 Å². The Bertz CT molecular complexity index is 297. The van der Waals surface area contributed by atoms with Crippen LogP contribution in [0.25, 0.3) is 0 Å². The number of hydrogen-bond acceptors (Lipinski definition) is 3. The average Bonchev–Trinajstić information content (AvgIpc) is 2.35. The SMILES string of the molecule is C=CCSCCNC(=O)NCC(C)(CC)C(=O)O. The molecule has 18 heavy (non-hydrogen) atoms. The van der Waals surface area contributed by atoms with Crippen LogP contribution in [0.5, 0.6) is 0 Å². The molecular weight excluding hydrogens is 252 g/mol. The minimum Gasteiger partial charge on any atom is -0.481 e. The molecule has 0 aliphatic rings. The van der Waals surface area contributed by atoms with Gasteiger partial charge in [0.25, 0.3) is 0 Å². The van der Waals surface area contributed by atoms with Crippen LogP contribution in [0.4, 0.5) is 4.79 Å². The number of carbonyl (C=O) groups is 2. The van der Waals surface area contributed by atoms with E-state index in [2.05, 4.69) is 17.2 Å². The van der Waals surface area contributed by atoms with E-state index in [0.29, 0.717) is 13.0 Å². The van der Waals surface area contributed by atoms with Crippen LogP contribution in [0.15, 0.2) is 12.7 Å². The van der Waals surface area contributed by atoms with Gasteiger partial charge in [-0.05, 0) is 13.3 Å². The van der Waals surface area contributed by atoms with Crippen molar-refractivity contribution in [2.75, 3.05) is 24.6 Å². The average molecular weight is 274 g/mol. The highest BCUT2D eigenvalue weighted by molar-refractivity contribution is 7.99. The van der Waals surface area contributed by atoms with Gasteiger partial charge in [0.15, 0.2) is 0 Å². The molecular formula is C12H22N2O3S. The number of carboxylic acids is 1. The van der Waals surface area contributed by atoms with Crippen molar-refractivity contribution >= 4 is 23.8 Å². The zero-order valence-corrected chi connectivity index (χ0v) is 11.8. The molecule has 0 aromatic rings. The molecule has 0 heterocycles. The molecule has 0 aliphatic carbocycles. The smallest absolute Gasteiger partial charge is 0.314 e. The van der Waals surface area contributed by atoms with Gasteiger partial charge in [0.05, 0.1) is 5.41 Å². The van der Waals surface area contributed by atoms with Gasteiger partial charge in [-0.1, -0.05) is 13.0 Å². The second kappa shape index (κ2) is 8.85. The summed E-state index contributed by atoms with van der Waals surface area (Å²) in [6.45, 7) is 7.70. The lowest BCUT2D eigenvalue weighted by molar-refractivity contribution is -0.147. The first-order chi connectivity index (χ1) is 8.46. The third-order valence-electron chi connectivity index (χ3n) is 2.70. The molecule has 3 N–H and O–H groups in total. The summed E-state index contributed by atoms with van der Waals surface area (Å²) in [6.07, 6.45) is 2.28. The van der Waals surface area contributed by atoms with Crippen molar-refractivity contribution in [3.05, 3.63) is 12.7 Å².